The van der Waals surface area contributed by atoms with Crippen molar-refractivity contribution in [3.63, 3.8) is 0 Å². The Kier molecular flexibility index (Phi) is 31.0. The van der Waals surface area contributed by atoms with Gasteiger partial charge >= 0.3 is 0 Å². The summed E-state index contributed by atoms with van der Waals surface area (Å²) in [5.41, 5.74) is 3.80. The number of unbranched alkanes of at least 4 members (excludes halogenated alkanes) is 29. The van der Waals surface area contributed by atoms with Gasteiger partial charge < -0.3 is 0 Å². The van der Waals surface area contributed by atoms with E-state index in [1.54, 1.807) is 0 Å². The van der Waals surface area contributed by atoms with Gasteiger partial charge in [-0.25, -0.2) is 4.99 Å². The fourth-order valence-corrected chi connectivity index (χ4v) is 7.08. The molecular formula is C50H80N2. The molecule has 290 valence electrons. The average molecular weight is 709 g/mol. The fraction of sp³-hybridized carbons (Fsp3) is 0.680. The van der Waals surface area contributed by atoms with E-state index in [-0.39, 0.29) is 0 Å². The summed E-state index contributed by atoms with van der Waals surface area (Å²) in [6.45, 7) is 4.58. The molecule has 0 radical (unpaired) electrons. The molecule has 0 fully saturated rings. The van der Waals surface area contributed by atoms with Crippen LogP contribution in [0.3, 0.4) is 0 Å². The van der Waals surface area contributed by atoms with Crippen LogP contribution in [0.2, 0.25) is 0 Å². The topological polar surface area (TPSA) is 24.7 Å². The Labute approximate surface area is 323 Å². The second-order valence-electron chi connectivity index (χ2n) is 15.4. The highest BCUT2D eigenvalue weighted by molar-refractivity contribution is 6.49. The molecule has 2 aromatic rings. The Morgan fingerprint density at radius 3 is 1.10 bits per heavy atom. The Bertz CT molecular complexity index is 1170. The number of benzene rings is 2. The van der Waals surface area contributed by atoms with E-state index in [1.165, 1.54) is 186 Å². The minimum absolute atomic E-state index is 0.841. The van der Waals surface area contributed by atoms with E-state index in [4.69, 9.17) is 9.98 Å². The summed E-state index contributed by atoms with van der Waals surface area (Å²) in [5, 5.41) is 0. The molecule has 2 aromatic carbocycles. The molecule has 0 unspecified atom stereocenters. The SMILES string of the molecule is CCCCCCCCCCCCCCCCCCCCCCCCCCC#CC(=Nc1ccccc1)C(CCCCCCCC)=Nc1ccccc1. The van der Waals surface area contributed by atoms with Gasteiger partial charge in [-0.3, -0.25) is 4.99 Å². The van der Waals surface area contributed by atoms with Crippen LogP contribution in [0, 0.1) is 11.8 Å². The van der Waals surface area contributed by atoms with E-state index < -0.39 is 0 Å². The van der Waals surface area contributed by atoms with Crippen molar-refractivity contribution in [1.29, 1.82) is 0 Å². The molecule has 0 aromatic heterocycles. The maximum absolute atomic E-state index is 5.09. The maximum Gasteiger partial charge on any atom is 0.135 e. The van der Waals surface area contributed by atoms with Gasteiger partial charge in [0.25, 0.3) is 0 Å². The van der Waals surface area contributed by atoms with Crippen LogP contribution in [-0.2, 0) is 0 Å². The van der Waals surface area contributed by atoms with Gasteiger partial charge in [0.15, 0.2) is 0 Å². The van der Waals surface area contributed by atoms with E-state index in [9.17, 15) is 0 Å². The fourth-order valence-electron chi connectivity index (χ4n) is 7.08. The first-order valence-electron chi connectivity index (χ1n) is 22.6. The third-order valence-corrected chi connectivity index (χ3v) is 10.4. The maximum atomic E-state index is 5.09. The van der Waals surface area contributed by atoms with Gasteiger partial charge in [-0.05, 0) is 49.4 Å². The Balaban J connectivity index is 1.57. The molecule has 0 saturated carbocycles. The van der Waals surface area contributed by atoms with Crippen LogP contribution in [-0.4, -0.2) is 11.4 Å². The lowest BCUT2D eigenvalue weighted by atomic mass is 10.0. The first-order valence-corrected chi connectivity index (χ1v) is 22.6. The van der Waals surface area contributed by atoms with Crippen molar-refractivity contribution < 1.29 is 0 Å². The molecule has 0 heterocycles. The van der Waals surface area contributed by atoms with Gasteiger partial charge in [0.2, 0.25) is 0 Å². The molecule has 2 heteroatoms. The predicted molar refractivity (Wildman–Crippen MR) is 234 cm³/mol. The highest BCUT2D eigenvalue weighted by Crippen LogP contribution is 2.19. The number of rotatable bonds is 34. The summed E-state index contributed by atoms with van der Waals surface area (Å²) in [6.07, 6.45) is 43.6. The third kappa shape index (κ3) is 27.0. The van der Waals surface area contributed by atoms with Crippen LogP contribution in [0.25, 0.3) is 0 Å². The van der Waals surface area contributed by atoms with Gasteiger partial charge in [-0.15, -0.1) is 0 Å². The van der Waals surface area contributed by atoms with Crippen LogP contribution in [0.5, 0.6) is 0 Å². The van der Waals surface area contributed by atoms with E-state index in [1.807, 2.05) is 24.3 Å². The first kappa shape index (κ1) is 45.5. The highest BCUT2D eigenvalue weighted by atomic mass is 14.8. The van der Waals surface area contributed by atoms with Crippen LogP contribution < -0.4 is 0 Å². The number of para-hydroxylation sites is 2. The summed E-state index contributed by atoms with van der Waals surface area (Å²) in [5.74, 6) is 6.98. The Morgan fingerprint density at radius 1 is 0.385 bits per heavy atom. The summed E-state index contributed by atoms with van der Waals surface area (Å²) in [4.78, 5) is 10.1. The smallest absolute Gasteiger partial charge is 0.135 e. The number of aliphatic imine (C=N–C) groups is 2. The summed E-state index contributed by atoms with van der Waals surface area (Å²) in [6, 6.07) is 20.6. The monoisotopic (exact) mass is 709 g/mol. The molecule has 0 saturated heterocycles. The molecule has 2 nitrogen and oxygen atoms in total. The molecule has 52 heavy (non-hydrogen) atoms. The second kappa shape index (κ2) is 35.4. The number of hydrogen-bond donors (Lipinski definition) is 0. The van der Waals surface area contributed by atoms with Crippen LogP contribution in [0.15, 0.2) is 70.6 Å². The van der Waals surface area contributed by atoms with Crippen LogP contribution in [0.4, 0.5) is 11.4 Å². The summed E-state index contributed by atoms with van der Waals surface area (Å²) >= 11 is 0. The zero-order valence-electron chi connectivity index (χ0n) is 34.3. The zero-order valence-corrected chi connectivity index (χ0v) is 34.3. The van der Waals surface area contributed by atoms with Gasteiger partial charge in [0.1, 0.15) is 5.71 Å². The third-order valence-electron chi connectivity index (χ3n) is 10.4. The molecule has 0 atom stereocenters. The summed E-state index contributed by atoms with van der Waals surface area (Å²) < 4.78 is 0. The van der Waals surface area contributed by atoms with Crippen molar-refractivity contribution in [2.45, 2.75) is 219 Å². The van der Waals surface area contributed by atoms with Gasteiger partial charge in [0, 0.05) is 6.42 Å². The van der Waals surface area contributed by atoms with Gasteiger partial charge in [-0.1, -0.05) is 236 Å². The van der Waals surface area contributed by atoms with E-state index >= 15 is 0 Å². The first-order chi connectivity index (χ1) is 25.8. The molecule has 0 amide bonds. The normalized spacial score (nSPS) is 11.9. The lowest BCUT2D eigenvalue weighted by Crippen LogP contribution is -2.12. The zero-order chi connectivity index (χ0) is 36.8. The van der Waals surface area contributed by atoms with Gasteiger partial charge in [0.05, 0.1) is 17.1 Å². The molecule has 0 aliphatic heterocycles. The van der Waals surface area contributed by atoms with Gasteiger partial charge in [-0.2, -0.15) is 0 Å². The number of hydrogen-bond acceptors (Lipinski definition) is 2. The van der Waals surface area contributed by atoms with Crippen molar-refractivity contribution >= 4 is 22.8 Å². The van der Waals surface area contributed by atoms with Crippen molar-refractivity contribution in [2.75, 3.05) is 0 Å². The van der Waals surface area contributed by atoms with Crippen molar-refractivity contribution in [1.82, 2.24) is 0 Å². The minimum Gasteiger partial charge on any atom is -0.251 e. The molecular weight excluding hydrogens is 629 g/mol. The lowest BCUT2D eigenvalue weighted by Gasteiger charge is -2.07. The van der Waals surface area contributed by atoms with E-state index in [2.05, 4.69) is 62.1 Å². The summed E-state index contributed by atoms with van der Waals surface area (Å²) in [7, 11) is 0. The molecule has 0 N–H and O–H groups in total. The lowest BCUT2D eigenvalue weighted by molar-refractivity contribution is 0.517. The quantitative estimate of drug-likeness (QED) is 0.0393. The van der Waals surface area contributed by atoms with Crippen LogP contribution in [0.1, 0.15) is 219 Å². The molecule has 0 bridgehead atoms. The molecule has 2 rings (SSSR count). The Morgan fingerprint density at radius 2 is 0.712 bits per heavy atom. The highest BCUT2D eigenvalue weighted by Gasteiger charge is 2.09. The predicted octanol–water partition coefficient (Wildman–Crippen LogP) is 17.1. The second-order valence-corrected chi connectivity index (χ2v) is 15.4. The van der Waals surface area contributed by atoms with Crippen LogP contribution >= 0.6 is 0 Å². The standard InChI is InChI=1S/C50H80N2/c1-3-5-7-9-11-12-13-14-15-16-17-18-19-20-21-22-23-24-25-26-27-28-29-30-32-40-46-50(52-48-43-37-34-38-44-48)49(45-39-31-10-8-6-4-2)51-47-41-35-33-36-42-47/h33-38,41-44H,3-32,39,45H2,1-2H3. The van der Waals surface area contributed by atoms with E-state index in [0.29, 0.717) is 0 Å². The Hall–Kier alpha value is -2.66. The van der Waals surface area contributed by atoms with Crippen molar-refractivity contribution in [3.8, 4) is 11.8 Å². The van der Waals surface area contributed by atoms with Crippen molar-refractivity contribution in [3.05, 3.63) is 60.7 Å². The minimum atomic E-state index is 0.841. The molecule has 0 aliphatic carbocycles. The molecule has 0 spiro atoms. The largest absolute Gasteiger partial charge is 0.251 e. The average Bonchev–Trinajstić information content (AvgIpc) is 3.17. The van der Waals surface area contributed by atoms with Crippen molar-refractivity contribution in [2.24, 2.45) is 9.98 Å². The molecule has 0 aliphatic rings. The van der Waals surface area contributed by atoms with E-state index in [0.717, 1.165) is 42.1 Å². The number of nitrogens with zero attached hydrogens (tertiary/aromatic N) is 2.